The molecule has 3 aromatic rings. The van der Waals surface area contributed by atoms with Gasteiger partial charge in [-0.1, -0.05) is 17.7 Å². The lowest BCUT2D eigenvalue weighted by molar-refractivity contribution is 0.0852. The fraction of sp³-hybridized carbons (Fsp3) is 0.542. The number of fused-ring (bicyclic) bond motifs is 1. The summed E-state index contributed by atoms with van der Waals surface area (Å²) < 4.78 is 7.80. The van der Waals surface area contributed by atoms with Gasteiger partial charge in [-0.05, 0) is 69.2 Å². The van der Waals surface area contributed by atoms with Crippen LogP contribution in [0.3, 0.4) is 0 Å². The Morgan fingerprint density at radius 1 is 1.15 bits per heavy atom. The standard InChI is InChI=1S/C24H32ClN7O/c1-31(19-9-11-33-12-10-19)23-27-15-21-22(30-23)32(20-7-5-16(14-26)6-8-20)24(29-21)28-18-4-2-3-17(25)13-18/h2-4,13,15-16,19-20H,5-12,14,26H2,1H3,(H,28,29)/t16-,20-. The summed E-state index contributed by atoms with van der Waals surface area (Å²) in [6.07, 6.45) is 8.19. The SMILES string of the molecule is CN(c1ncc2nc(Nc3cccc(Cl)c3)n([C@H]3CC[C@H](CN)CC3)c2n1)C1CCOCC1. The van der Waals surface area contributed by atoms with E-state index in [9.17, 15) is 0 Å². The molecule has 5 rings (SSSR count). The Bertz CT molecular complexity index is 1090. The topological polar surface area (TPSA) is 94.1 Å². The molecule has 1 saturated carbocycles. The fourth-order valence-corrected chi connectivity index (χ4v) is 5.25. The summed E-state index contributed by atoms with van der Waals surface area (Å²) in [6, 6.07) is 8.41. The number of halogens is 1. The van der Waals surface area contributed by atoms with Crippen molar-refractivity contribution in [1.82, 2.24) is 19.5 Å². The Kier molecular flexibility index (Phi) is 6.66. The predicted molar refractivity (Wildman–Crippen MR) is 132 cm³/mol. The maximum Gasteiger partial charge on any atom is 0.227 e. The van der Waals surface area contributed by atoms with Gasteiger partial charge in [0.1, 0.15) is 5.52 Å². The number of imidazole rings is 1. The molecule has 1 aliphatic heterocycles. The summed E-state index contributed by atoms with van der Waals surface area (Å²) in [5.41, 5.74) is 8.52. The lowest BCUT2D eigenvalue weighted by Gasteiger charge is -2.31. The summed E-state index contributed by atoms with van der Waals surface area (Å²) in [5.74, 6) is 2.12. The number of anilines is 3. The summed E-state index contributed by atoms with van der Waals surface area (Å²) in [4.78, 5) is 16.8. The molecule has 0 bridgehead atoms. The number of nitrogens with zero attached hydrogens (tertiary/aromatic N) is 5. The first kappa shape index (κ1) is 22.4. The molecule has 2 fully saturated rings. The largest absolute Gasteiger partial charge is 0.381 e. The van der Waals surface area contributed by atoms with Gasteiger partial charge < -0.3 is 20.7 Å². The second kappa shape index (κ2) is 9.83. The molecule has 8 nitrogen and oxygen atoms in total. The van der Waals surface area contributed by atoms with Gasteiger partial charge in [0.25, 0.3) is 0 Å². The number of hydrogen-bond acceptors (Lipinski definition) is 7. The van der Waals surface area contributed by atoms with Crippen molar-refractivity contribution in [2.75, 3.05) is 37.0 Å². The van der Waals surface area contributed by atoms with Crippen molar-refractivity contribution in [3.8, 4) is 0 Å². The molecule has 0 unspecified atom stereocenters. The van der Waals surface area contributed by atoms with Gasteiger partial charge in [-0.25, -0.2) is 9.97 Å². The minimum atomic E-state index is 0.315. The van der Waals surface area contributed by atoms with Crippen molar-refractivity contribution < 1.29 is 4.74 Å². The van der Waals surface area contributed by atoms with Crippen LogP contribution in [0.15, 0.2) is 30.5 Å². The average Bonchev–Trinajstić information content (AvgIpc) is 3.21. The van der Waals surface area contributed by atoms with E-state index in [1.807, 2.05) is 30.5 Å². The Morgan fingerprint density at radius 2 is 1.94 bits per heavy atom. The Balaban J connectivity index is 1.52. The van der Waals surface area contributed by atoms with Gasteiger partial charge >= 0.3 is 0 Å². The van der Waals surface area contributed by atoms with Crippen LogP contribution in [0.5, 0.6) is 0 Å². The molecule has 9 heteroatoms. The van der Waals surface area contributed by atoms with E-state index in [4.69, 9.17) is 32.0 Å². The number of benzene rings is 1. The highest BCUT2D eigenvalue weighted by atomic mass is 35.5. The molecule has 1 aliphatic carbocycles. The van der Waals surface area contributed by atoms with Gasteiger partial charge in [0, 0.05) is 43.1 Å². The third-order valence-corrected chi connectivity index (χ3v) is 7.30. The van der Waals surface area contributed by atoms with Gasteiger partial charge in [0.2, 0.25) is 11.9 Å². The van der Waals surface area contributed by atoms with Crippen molar-refractivity contribution >= 4 is 40.3 Å². The van der Waals surface area contributed by atoms with Crippen molar-refractivity contribution in [1.29, 1.82) is 0 Å². The highest BCUT2D eigenvalue weighted by Gasteiger charge is 2.27. The molecular weight excluding hydrogens is 438 g/mol. The number of rotatable bonds is 6. The molecule has 2 aromatic heterocycles. The molecular formula is C24H32ClN7O. The highest BCUT2D eigenvalue weighted by Crippen LogP contribution is 2.37. The maximum absolute atomic E-state index is 6.22. The first-order valence-corrected chi connectivity index (χ1v) is 12.3. The fourth-order valence-electron chi connectivity index (χ4n) is 5.06. The lowest BCUT2D eigenvalue weighted by Crippen LogP contribution is -2.37. The third-order valence-electron chi connectivity index (χ3n) is 7.07. The van der Waals surface area contributed by atoms with E-state index in [0.717, 1.165) is 87.0 Å². The molecule has 1 saturated heterocycles. The van der Waals surface area contributed by atoms with Crippen LogP contribution in [0, 0.1) is 5.92 Å². The van der Waals surface area contributed by atoms with Crippen LogP contribution in [0.4, 0.5) is 17.6 Å². The van der Waals surface area contributed by atoms with Crippen molar-refractivity contribution in [3.63, 3.8) is 0 Å². The second-order valence-corrected chi connectivity index (χ2v) is 9.62. The molecule has 2 aliphatic rings. The van der Waals surface area contributed by atoms with E-state index in [1.54, 1.807) is 0 Å². The summed E-state index contributed by atoms with van der Waals surface area (Å²) in [5, 5.41) is 4.17. The van der Waals surface area contributed by atoms with Crippen molar-refractivity contribution in [2.24, 2.45) is 11.7 Å². The minimum absolute atomic E-state index is 0.315. The first-order chi connectivity index (χ1) is 16.1. The van der Waals surface area contributed by atoms with Gasteiger partial charge in [0.15, 0.2) is 5.65 Å². The van der Waals surface area contributed by atoms with E-state index >= 15 is 0 Å². The quantitative estimate of drug-likeness (QED) is 0.547. The summed E-state index contributed by atoms with van der Waals surface area (Å²) in [6.45, 7) is 2.33. The molecule has 33 heavy (non-hydrogen) atoms. The van der Waals surface area contributed by atoms with Crippen LogP contribution in [0.2, 0.25) is 5.02 Å². The van der Waals surface area contributed by atoms with Crippen molar-refractivity contribution in [2.45, 2.75) is 50.6 Å². The zero-order valence-electron chi connectivity index (χ0n) is 19.1. The minimum Gasteiger partial charge on any atom is -0.381 e. The molecule has 0 spiro atoms. The normalized spacial score (nSPS) is 21.9. The van der Waals surface area contributed by atoms with E-state index in [0.29, 0.717) is 23.0 Å². The predicted octanol–water partition coefficient (Wildman–Crippen LogP) is 4.53. The second-order valence-electron chi connectivity index (χ2n) is 9.18. The number of hydrogen-bond donors (Lipinski definition) is 2. The molecule has 0 radical (unpaired) electrons. The summed E-state index contributed by atoms with van der Waals surface area (Å²) in [7, 11) is 2.08. The third kappa shape index (κ3) is 4.78. The van der Waals surface area contributed by atoms with Crippen LogP contribution >= 0.6 is 11.6 Å². The van der Waals surface area contributed by atoms with Gasteiger partial charge in [-0.3, -0.25) is 4.57 Å². The Hall–Kier alpha value is -2.42. The van der Waals surface area contributed by atoms with Crippen LogP contribution in [-0.4, -0.2) is 52.4 Å². The van der Waals surface area contributed by atoms with E-state index in [2.05, 4.69) is 26.8 Å². The monoisotopic (exact) mass is 469 g/mol. The molecule has 3 heterocycles. The molecule has 0 amide bonds. The smallest absolute Gasteiger partial charge is 0.227 e. The van der Waals surface area contributed by atoms with Crippen LogP contribution < -0.4 is 16.0 Å². The average molecular weight is 470 g/mol. The van der Waals surface area contributed by atoms with Crippen LogP contribution in [0.25, 0.3) is 11.2 Å². The number of ether oxygens (including phenoxy) is 1. The van der Waals surface area contributed by atoms with Gasteiger partial charge in [-0.15, -0.1) is 0 Å². The van der Waals surface area contributed by atoms with Gasteiger partial charge in [-0.2, -0.15) is 4.98 Å². The van der Waals surface area contributed by atoms with Crippen molar-refractivity contribution in [3.05, 3.63) is 35.5 Å². The van der Waals surface area contributed by atoms with E-state index in [-0.39, 0.29) is 0 Å². The molecule has 3 N–H and O–H groups in total. The Morgan fingerprint density at radius 3 is 2.67 bits per heavy atom. The number of aromatic nitrogens is 4. The van der Waals surface area contributed by atoms with E-state index < -0.39 is 0 Å². The van der Waals surface area contributed by atoms with E-state index in [1.165, 1.54) is 0 Å². The lowest BCUT2D eigenvalue weighted by atomic mass is 9.86. The zero-order valence-corrected chi connectivity index (χ0v) is 19.8. The molecule has 1 aromatic carbocycles. The van der Waals surface area contributed by atoms with Gasteiger partial charge in [0.05, 0.1) is 6.20 Å². The van der Waals surface area contributed by atoms with Crippen LogP contribution in [-0.2, 0) is 4.74 Å². The van der Waals surface area contributed by atoms with Crippen LogP contribution in [0.1, 0.15) is 44.6 Å². The maximum atomic E-state index is 6.22. The zero-order chi connectivity index (χ0) is 22.8. The number of nitrogens with two attached hydrogens (primary N) is 1. The molecule has 176 valence electrons. The molecule has 0 atom stereocenters. The Labute approximate surface area is 199 Å². The first-order valence-electron chi connectivity index (χ1n) is 11.9. The highest BCUT2D eigenvalue weighted by molar-refractivity contribution is 6.30. The number of nitrogens with one attached hydrogen (secondary N) is 1. The summed E-state index contributed by atoms with van der Waals surface area (Å²) >= 11 is 6.22.